The molecule has 5 heterocycles. The number of aliphatic hydroxyl groups excluding tert-OH is 4. The van der Waals surface area contributed by atoms with Gasteiger partial charge in [-0.3, -0.25) is 19.2 Å². The van der Waals surface area contributed by atoms with E-state index in [-0.39, 0.29) is 85.1 Å². The molecular weight excluding hydrogens is 892 g/mol. The maximum Gasteiger partial charge on any atom is 0.257 e. The summed E-state index contributed by atoms with van der Waals surface area (Å²) in [5.74, 6) is -1.92. The lowest BCUT2D eigenvalue weighted by Crippen LogP contribution is -2.50. The number of aliphatic hydroxyl groups is 4. The number of aryl methyl sites for hydroxylation is 1. The zero-order chi connectivity index (χ0) is 47.4. The first kappa shape index (κ1) is 48.4. The number of benzene rings is 2. The molecule has 2 aliphatic rings. The molecule has 2 aromatic carbocycles. The lowest BCUT2D eigenvalue weighted by Gasteiger charge is -2.34. The van der Waals surface area contributed by atoms with Crippen LogP contribution in [0.5, 0.6) is 5.75 Å². The first-order valence-corrected chi connectivity index (χ1v) is 22.9. The Balaban J connectivity index is 0.866. The highest BCUT2D eigenvalue weighted by Gasteiger charge is 2.48. The molecule has 0 spiro atoms. The molecule has 2 saturated heterocycles. The lowest BCUT2D eigenvalue weighted by atomic mass is 9.76. The van der Waals surface area contributed by atoms with Crippen molar-refractivity contribution in [1.29, 1.82) is 0 Å². The van der Waals surface area contributed by atoms with Crippen molar-refractivity contribution in [2.75, 3.05) is 25.4 Å². The summed E-state index contributed by atoms with van der Waals surface area (Å²) >= 11 is 7.92. The highest BCUT2D eigenvalue weighted by atomic mass is 35.5. The Labute approximate surface area is 390 Å². The van der Waals surface area contributed by atoms with Gasteiger partial charge >= 0.3 is 0 Å². The Morgan fingerprint density at radius 1 is 1.03 bits per heavy atom. The molecule has 7 rings (SSSR count). The monoisotopic (exact) mass is 946 g/mol. The van der Waals surface area contributed by atoms with E-state index in [9.17, 15) is 39.6 Å². The van der Waals surface area contributed by atoms with Crippen molar-refractivity contribution < 1.29 is 49.1 Å². The first-order valence-electron chi connectivity index (χ1n) is 21.6. The minimum absolute atomic E-state index is 0.0207. The number of thiazole rings is 1. The van der Waals surface area contributed by atoms with Crippen LogP contribution in [0.3, 0.4) is 0 Å². The van der Waals surface area contributed by atoms with E-state index in [4.69, 9.17) is 26.8 Å². The molecule has 0 bridgehead atoms. The van der Waals surface area contributed by atoms with Crippen LogP contribution < -0.4 is 21.1 Å². The number of Topliss-reactive ketones (excluding diaryl/α,β-unsaturated/α-hetero) is 1. The Bertz CT molecular complexity index is 2550. The van der Waals surface area contributed by atoms with E-state index in [1.807, 2.05) is 52.0 Å². The van der Waals surface area contributed by atoms with Crippen molar-refractivity contribution in [2.45, 2.75) is 103 Å². The van der Waals surface area contributed by atoms with Crippen molar-refractivity contribution in [3.05, 3.63) is 88.4 Å². The molecule has 0 unspecified atom stereocenters. The van der Waals surface area contributed by atoms with Crippen LogP contribution in [-0.4, -0.2) is 119 Å². The summed E-state index contributed by atoms with van der Waals surface area (Å²) < 4.78 is 13.1. The van der Waals surface area contributed by atoms with Gasteiger partial charge in [0.25, 0.3) is 5.91 Å². The average Bonchev–Trinajstić information content (AvgIpc) is 4.08. The zero-order valence-corrected chi connectivity index (χ0v) is 38.5. The van der Waals surface area contributed by atoms with E-state index in [2.05, 4.69) is 25.6 Å². The van der Waals surface area contributed by atoms with E-state index >= 15 is 0 Å². The summed E-state index contributed by atoms with van der Waals surface area (Å²) in [5.41, 5.74) is 10.6. The number of nitrogen functional groups attached to an aromatic ring is 1. The van der Waals surface area contributed by atoms with Crippen LogP contribution >= 0.6 is 22.9 Å². The number of anilines is 1. The van der Waals surface area contributed by atoms with Gasteiger partial charge in [0, 0.05) is 51.0 Å². The van der Waals surface area contributed by atoms with Gasteiger partial charge in [-0.2, -0.15) is 0 Å². The molecule has 3 amide bonds. The number of carbonyl (C=O) groups is 4. The molecule has 2 aliphatic heterocycles. The van der Waals surface area contributed by atoms with E-state index in [1.54, 1.807) is 29.1 Å². The topological polar surface area (TPSA) is 265 Å². The molecule has 66 heavy (non-hydrogen) atoms. The molecule has 8 N–H and O–H groups in total. The summed E-state index contributed by atoms with van der Waals surface area (Å²) in [7, 11) is 0. The number of amides is 3. The maximum atomic E-state index is 14.1. The van der Waals surface area contributed by atoms with Gasteiger partial charge in [0.1, 0.15) is 59.8 Å². The second kappa shape index (κ2) is 20.5. The smallest absolute Gasteiger partial charge is 0.257 e. The number of ketones is 1. The fourth-order valence-electron chi connectivity index (χ4n) is 8.34. The quantitative estimate of drug-likeness (QED) is 0.0657. The van der Waals surface area contributed by atoms with Gasteiger partial charge in [0.05, 0.1) is 32.6 Å². The third-order valence-electron chi connectivity index (χ3n) is 12.1. The van der Waals surface area contributed by atoms with Crippen molar-refractivity contribution in [1.82, 2.24) is 35.1 Å². The number of nitrogens with one attached hydrogen (secondary N) is 2. The van der Waals surface area contributed by atoms with Gasteiger partial charge in [0.15, 0.2) is 12.8 Å². The first-order chi connectivity index (χ1) is 31.4. The second-order valence-corrected chi connectivity index (χ2v) is 19.1. The predicted molar refractivity (Wildman–Crippen MR) is 245 cm³/mol. The third-order valence-corrected chi connectivity index (χ3v) is 13.4. The van der Waals surface area contributed by atoms with E-state index < -0.39 is 66.6 Å². The summed E-state index contributed by atoms with van der Waals surface area (Å²) in [6.07, 6.45) is -4.41. The number of likely N-dealkylation sites (tertiary alicyclic amines) is 1. The second-order valence-electron chi connectivity index (χ2n) is 17.8. The number of fused-ring (bicyclic) bond motifs is 1. The van der Waals surface area contributed by atoms with Crippen LogP contribution in [0.1, 0.15) is 75.6 Å². The number of ether oxygens (including phenoxy) is 2. The summed E-state index contributed by atoms with van der Waals surface area (Å²) in [4.78, 5) is 68.6. The van der Waals surface area contributed by atoms with Crippen LogP contribution in [0.15, 0.2) is 66.6 Å². The van der Waals surface area contributed by atoms with Gasteiger partial charge in [-0.1, -0.05) is 62.7 Å². The number of rotatable bonds is 17. The number of nitrogens with zero attached hydrogens (tertiary/aromatic N) is 5. The van der Waals surface area contributed by atoms with Gasteiger partial charge < -0.3 is 55.7 Å². The van der Waals surface area contributed by atoms with Crippen LogP contribution in [0.25, 0.3) is 21.5 Å². The number of nitrogens with two attached hydrogens (primary N) is 1. The summed E-state index contributed by atoms with van der Waals surface area (Å²) in [6, 6.07) is 12.9. The van der Waals surface area contributed by atoms with Crippen LogP contribution in [0.4, 0.5) is 5.82 Å². The Kier molecular flexibility index (Phi) is 15.1. The van der Waals surface area contributed by atoms with Crippen molar-refractivity contribution in [2.24, 2.45) is 11.3 Å². The maximum absolute atomic E-state index is 14.1. The molecule has 352 valence electrons. The highest BCUT2D eigenvalue weighted by molar-refractivity contribution is 7.13. The highest BCUT2D eigenvalue weighted by Crippen LogP contribution is 2.40. The van der Waals surface area contributed by atoms with Gasteiger partial charge in [-0.15, -0.1) is 11.3 Å². The Morgan fingerprint density at radius 3 is 2.50 bits per heavy atom. The minimum atomic E-state index is -1.50. The van der Waals surface area contributed by atoms with E-state index in [0.29, 0.717) is 11.0 Å². The lowest BCUT2D eigenvalue weighted by molar-refractivity contribution is -0.146. The third kappa shape index (κ3) is 10.8. The van der Waals surface area contributed by atoms with Gasteiger partial charge in [-0.25, -0.2) is 15.0 Å². The summed E-state index contributed by atoms with van der Waals surface area (Å²) in [6.45, 7) is 7.43. The van der Waals surface area contributed by atoms with Crippen molar-refractivity contribution in [3.63, 3.8) is 0 Å². The number of hydrogen-bond acceptors (Lipinski definition) is 15. The van der Waals surface area contributed by atoms with Gasteiger partial charge in [0.2, 0.25) is 11.8 Å². The van der Waals surface area contributed by atoms with Crippen LogP contribution in [-0.2, 0) is 30.5 Å². The molecule has 0 saturated carbocycles. The molecule has 0 aliphatic carbocycles. The molecule has 0 radical (unpaired) electrons. The van der Waals surface area contributed by atoms with Gasteiger partial charge in [-0.05, 0) is 53.6 Å². The number of carbonyl (C=O) groups excluding carboxylic acids is 4. The minimum Gasteiger partial charge on any atom is -0.482 e. The fraction of sp³-hybridized carbons (Fsp3) is 0.457. The summed E-state index contributed by atoms with van der Waals surface area (Å²) in [5, 5.41) is 50.0. The molecule has 2 fully saturated rings. The predicted octanol–water partition coefficient (Wildman–Crippen LogP) is 3.63. The van der Waals surface area contributed by atoms with Crippen LogP contribution in [0.2, 0.25) is 5.02 Å². The molecule has 20 heteroatoms. The average molecular weight is 948 g/mol. The fourth-order valence-corrected chi connectivity index (χ4v) is 9.33. The van der Waals surface area contributed by atoms with Crippen molar-refractivity contribution in [3.8, 4) is 16.2 Å². The Hall–Kier alpha value is -5.54. The van der Waals surface area contributed by atoms with Crippen molar-refractivity contribution >= 4 is 63.3 Å². The number of β-amino-alcohol motifs (C(OH)–C–C–N with tert-alkyl or cyclic N) is 1. The van der Waals surface area contributed by atoms with Crippen LogP contribution in [0, 0.1) is 18.3 Å². The largest absolute Gasteiger partial charge is 0.482 e. The molecule has 5 aromatic rings. The SMILES string of the molecule is Cc1ncsc1-c1ccc(CNC(=O)[C@H]2C[C@H](O)CN2C(=O)[C@H](CC(=O)CCCNC(=O)COc2cc([C@@H](O)[C@H]3O[C@@H](n4ccc5c(N)ncnc54)[C@H](O)[C@@H]3O)ccc2Cl)C(C)(C)C)cc1. The van der Waals surface area contributed by atoms with E-state index in [0.717, 1.165) is 21.7 Å². The standard InChI is InChI=1S/C46H55ClN8O10S/c1-24-40(66-23-53-24)26-9-7-25(8-10-26)19-50-43(62)33-18-29(57)20-55(33)44(63)31(46(2,3)4)17-28(56)6-5-14-49-35(58)21-64-34-16-27(11-12-32(34)47)36(59)39-37(60)38(61)45(65-39)54-15-13-30-41(48)51-22-52-42(30)54/h7-13,15-16,22-23,29,31,33,36-39,45,57,59-61H,5-6,14,17-21H2,1-4H3,(H,49,58)(H,50,62)(H2,48,51,52)/t29-,31-,33+,36+,37-,38+,39+,45+/m0/s1. The number of hydrogen-bond donors (Lipinski definition) is 7. The molecular formula is C46H55ClN8O10S. The Morgan fingerprint density at radius 2 is 1.79 bits per heavy atom. The number of halogens is 1. The van der Waals surface area contributed by atoms with E-state index in [1.165, 1.54) is 34.0 Å². The number of aromatic nitrogens is 4. The molecule has 8 atom stereocenters. The molecule has 18 nitrogen and oxygen atoms in total. The zero-order valence-electron chi connectivity index (χ0n) is 37.0. The molecule has 3 aromatic heterocycles. The normalized spacial score (nSPS) is 21.7.